The summed E-state index contributed by atoms with van der Waals surface area (Å²) in [6.07, 6.45) is 1.76. The fourth-order valence-electron chi connectivity index (χ4n) is 3.91. The minimum Gasteiger partial charge on any atom is -0.436 e. The molecule has 0 saturated heterocycles. The van der Waals surface area contributed by atoms with Gasteiger partial charge in [-0.3, -0.25) is 9.89 Å². The van der Waals surface area contributed by atoms with Crippen LogP contribution in [0.4, 0.5) is 5.69 Å². The third-order valence-corrected chi connectivity index (χ3v) is 5.96. The van der Waals surface area contributed by atoms with Crippen molar-refractivity contribution < 1.29 is 9.21 Å². The maximum absolute atomic E-state index is 12.5. The van der Waals surface area contributed by atoms with Crippen molar-refractivity contribution in [3.8, 4) is 22.7 Å². The summed E-state index contributed by atoms with van der Waals surface area (Å²) in [5, 5.41) is 12.6. The normalized spacial score (nSPS) is 11.3. The Morgan fingerprint density at radius 1 is 0.886 bits per heavy atom. The molecule has 6 rings (SSSR count). The van der Waals surface area contributed by atoms with E-state index < -0.39 is 0 Å². The summed E-state index contributed by atoms with van der Waals surface area (Å²) < 4.78 is 6.07. The Labute approximate surface area is 208 Å². The highest BCUT2D eigenvalue weighted by Crippen LogP contribution is 2.33. The molecule has 35 heavy (non-hydrogen) atoms. The summed E-state index contributed by atoms with van der Waals surface area (Å²) in [4.78, 5) is 21.1. The number of carbonyl (C=O) groups is 1. The van der Waals surface area contributed by atoms with Gasteiger partial charge in [0.15, 0.2) is 5.58 Å². The molecule has 170 valence electrons. The SMILES string of the molecule is O=C(Nc1ccc(-c2n[nH]cc2-c2nc3cc4ccccc4cc3o2)cc1)c1cc(Cl)nc(Cl)c1. The molecule has 7 nitrogen and oxygen atoms in total. The number of rotatable bonds is 4. The molecule has 0 aliphatic carbocycles. The van der Waals surface area contributed by atoms with Crippen LogP contribution in [-0.4, -0.2) is 26.1 Å². The van der Waals surface area contributed by atoms with Crippen molar-refractivity contribution >= 4 is 56.7 Å². The third-order valence-electron chi connectivity index (χ3n) is 5.57. The summed E-state index contributed by atoms with van der Waals surface area (Å²) in [5.74, 6) is 0.131. The number of nitrogens with one attached hydrogen (secondary N) is 2. The van der Waals surface area contributed by atoms with Gasteiger partial charge in [-0.05, 0) is 47.2 Å². The first-order valence-electron chi connectivity index (χ1n) is 10.6. The van der Waals surface area contributed by atoms with E-state index in [9.17, 15) is 4.79 Å². The zero-order valence-electron chi connectivity index (χ0n) is 17.9. The van der Waals surface area contributed by atoms with Crippen LogP contribution in [0.15, 0.2) is 83.4 Å². The van der Waals surface area contributed by atoms with Gasteiger partial charge in [-0.25, -0.2) is 9.97 Å². The minimum absolute atomic E-state index is 0.149. The smallest absolute Gasteiger partial charge is 0.255 e. The Morgan fingerprint density at radius 2 is 1.60 bits per heavy atom. The number of aromatic nitrogens is 4. The number of carbonyl (C=O) groups excluding carboxylic acids is 1. The highest BCUT2D eigenvalue weighted by Gasteiger charge is 2.17. The van der Waals surface area contributed by atoms with Crippen LogP contribution in [0.1, 0.15) is 10.4 Å². The van der Waals surface area contributed by atoms with Crippen molar-refractivity contribution in [2.75, 3.05) is 5.32 Å². The maximum atomic E-state index is 12.5. The standard InChI is InChI=1S/C26H15Cl2N5O2/c27-22-11-17(12-23(28)32-22)25(34)30-18-7-5-14(6-8-18)24-19(13-29-33-24)26-31-20-9-15-3-1-2-4-16(15)10-21(20)35-26/h1-13H,(H,29,33)(H,30,34). The Balaban J connectivity index is 1.28. The molecule has 0 fully saturated rings. The van der Waals surface area contributed by atoms with Gasteiger partial charge in [0.25, 0.3) is 5.91 Å². The second-order valence-corrected chi connectivity index (χ2v) is 8.64. The van der Waals surface area contributed by atoms with Gasteiger partial charge in [0.05, 0.1) is 5.56 Å². The molecule has 1 amide bonds. The van der Waals surface area contributed by atoms with Crippen molar-refractivity contribution in [1.29, 1.82) is 0 Å². The van der Waals surface area contributed by atoms with Gasteiger partial charge in [-0.1, -0.05) is 59.6 Å². The van der Waals surface area contributed by atoms with Gasteiger partial charge in [0.1, 0.15) is 21.5 Å². The van der Waals surface area contributed by atoms with Crippen LogP contribution in [0.2, 0.25) is 10.3 Å². The van der Waals surface area contributed by atoms with Crippen molar-refractivity contribution in [2.24, 2.45) is 0 Å². The quantitative estimate of drug-likeness (QED) is 0.254. The fourth-order valence-corrected chi connectivity index (χ4v) is 4.37. The number of H-pyrrole nitrogens is 1. The zero-order chi connectivity index (χ0) is 23.9. The third kappa shape index (κ3) is 4.12. The number of anilines is 1. The second-order valence-electron chi connectivity index (χ2n) is 7.87. The van der Waals surface area contributed by atoms with Crippen molar-refractivity contribution in [1.82, 2.24) is 20.2 Å². The molecule has 0 spiro atoms. The Hall–Kier alpha value is -4.20. The van der Waals surface area contributed by atoms with Crippen LogP contribution in [0.25, 0.3) is 44.6 Å². The van der Waals surface area contributed by atoms with Crippen molar-refractivity contribution in [3.63, 3.8) is 0 Å². The lowest BCUT2D eigenvalue weighted by Crippen LogP contribution is -2.12. The summed E-state index contributed by atoms with van der Waals surface area (Å²) in [5.41, 5.74) is 4.67. The first kappa shape index (κ1) is 21.3. The van der Waals surface area contributed by atoms with E-state index in [2.05, 4.69) is 25.5 Å². The van der Waals surface area contributed by atoms with E-state index in [1.54, 1.807) is 18.3 Å². The van der Waals surface area contributed by atoms with Gasteiger partial charge in [0.2, 0.25) is 5.89 Å². The van der Waals surface area contributed by atoms with E-state index in [-0.39, 0.29) is 16.2 Å². The fraction of sp³-hybridized carbons (Fsp3) is 0. The van der Waals surface area contributed by atoms with Gasteiger partial charge < -0.3 is 9.73 Å². The average molecular weight is 500 g/mol. The first-order chi connectivity index (χ1) is 17.0. The van der Waals surface area contributed by atoms with Crippen LogP contribution < -0.4 is 5.32 Å². The van der Waals surface area contributed by atoms with E-state index in [0.29, 0.717) is 28.4 Å². The summed E-state index contributed by atoms with van der Waals surface area (Å²) in [6, 6.07) is 22.3. The monoisotopic (exact) mass is 499 g/mol. The number of fused-ring (bicyclic) bond motifs is 2. The molecule has 3 heterocycles. The highest BCUT2D eigenvalue weighted by molar-refractivity contribution is 6.33. The molecule has 0 bridgehead atoms. The molecule has 0 aliphatic rings. The van der Waals surface area contributed by atoms with Gasteiger partial charge >= 0.3 is 0 Å². The number of oxazole rings is 1. The summed E-state index contributed by atoms with van der Waals surface area (Å²) in [6.45, 7) is 0. The molecule has 0 atom stereocenters. The lowest BCUT2D eigenvalue weighted by atomic mass is 10.1. The molecule has 2 N–H and O–H groups in total. The largest absolute Gasteiger partial charge is 0.436 e. The Kier molecular flexibility index (Phi) is 5.21. The maximum Gasteiger partial charge on any atom is 0.255 e. The number of nitrogens with zero attached hydrogens (tertiary/aromatic N) is 3. The van der Waals surface area contributed by atoms with E-state index in [1.165, 1.54) is 12.1 Å². The number of benzene rings is 3. The van der Waals surface area contributed by atoms with Crippen molar-refractivity contribution in [2.45, 2.75) is 0 Å². The molecule has 3 aromatic carbocycles. The predicted molar refractivity (Wildman–Crippen MR) is 137 cm³/mol. The van der Waals surface area contributed by atoms with E-state index in [1.807, 2.05) is 48.5 Å². The van der Waals surface area contributed by atoms with E-state index >= 15 is 0 Å². The number of pyridine rings is 1. The molecule has 3 aromatic heterocycles. The molecular formula is C26H15Cl2N5O2. The van der Waals surface area contributed by atoms with Gasteiger partial charge in [-0.15, -0.1) is 0 Å². The average Bonchev–Trinajstić information content (AvgIpc) is 3.49. The zero-order valence-corrected chi connectivity index (χ0v) is 19.4. The minimum atomic E-state index is -0.344. The first-order valence-corrected chi connectivity index (χ1v) is 11.4. The lowest BCUT2D eigenvalue weighted by Gasteiger charge is -2.07. The highest BCUT2D eigenvalue weighted by atomic mass is 35.5. The van der Waals surface area contributed by atoms with E-state index in [0.717, 1.165) is 27.4 Å². The number of hydrogen-bond acceptors (Lipinski definition) is 5. The van der Waals surface area contributed by atoms with Crippen LogP contribution in [-0.2, 0) is 0 Å². The topological polar surface area (TPSA) is 96.7 Å². The van der Waals surface area contributed by atoms with Gasteiger partial charge in [-0.2, -0.15) is 5.10 Å². The molecule has 0 saturated carbocycles. The summed E-state index contributed by atoms with van der Waals surface area (Å²) in [7, 11) is 0. The number of halogens is 2. The number of hydrogen-bond donors (Lipinski definition) is 2. The molecule has 0 unspecified atom stereocenters. The summed E-state index contributed by atoms with van der Waals surface area (Å²) >= 11 is 11.8. The predicted octanol–water partition coefficient (Wildman–Crippen LogP) is 6.99. The van der Waals surface area contributed by atoms with Crippen LogP contribution in [0, 0.1) is 0 Å². The molecule has 0 radical (unpaired) electrons. The van der Waals surface area contributed by atoms with Crippen LogP contribution >= 0.6 is 23.2 Å². The van der Waals surface area contributed by atoms with E-state index in [4.69, 9.17) is 27.6 Å². The Bertz CT molecular complexity index is 1650. The second kappa shape index (κ2) is 8.54. The molecular weight excluding hydrogens is 485 g/mol. The number of aromatic amines is 1. The van der Waals surface area contributed by atoms with Crippen LogP contribution in [0.3, 0.4) is 0 Å². The Morgan fingerprint density at radius 3 is 2.34 bits per heavy atom. The molecule has 6 aromatic rings. The molecule has 9 heteroatoms. The van der Waals surface area contributed by atoms with Crippen LogP contribution in [0.5, 0.6) is 0 Å². The molecule has 0 aliphatic heterocycles. The van der Waals surface area contributed by atoms with Gasteiger partial charge in [0, 0.05) is 23.0 Å². The lowest BCUT2D eigenvalue weighted by molar-refractivity contribution is 0.102. The van der Waals surface area contributed by atoms with Crippen molar-refractivity contribution in [3.05, 3.63) is 94.9 Å². The number of amides is 1.